The van der Waals surface area contributed by atoms with Crippen molar-refractivity contribution >= 4 is 16.7 Å². The third kappa shape index (κ3) is 2.62. The number of hydrogen-bond donors (Lipinski definition) is 1. The highest BCUT2D eigenvalue weighted by atomic mass is 19.1. The van der Waals surface area contributed by atoms with Crippen LogP contribution >= 0.6 is 0 Å². The molecule has 0 bridgehead atoms. The lowest BCUT2D eigenvalue weighted by atomic mass is 10.1. The molecule has 1 aromatic carbocycles. The minimum Gasteiger partial charge on any atom is -0.366 e. The molecule has 1 N–H and O–H groups in total. The van der Waals surface area contributed by atoms with E-state index < -0.39 is 6.08 Å². The summed E-state index contributed by atoms with van der Waals surface area (Å²) in [7, 11) is 0. The largest absolute Gasteiger partial charge is 0.366 e. The van der Waals surface area contributed by atoms with Gasteiger partial charge in [0.25, 0.3) is 0 Å². The van der Waals surface area contributed by atoms with Crippen molar-refractivity contribution in [1.29, 1.82) is 0 Å². The predicted octanol–water partition coefficient (Wildman–Crippen LogP) is 3.46. The van der Waals surface area contributed by atoms with Crippen molar-refractivity contribution in [2.45, 2.75) is 12.8 Å². The Morgan fingerprint density at radius 2 is 2.11 bits per heavy atom. The van der Waals surface area contributed by atoms with Crippen LogP contribution in [0.3, 0.4) is 0 Å². The molecule has 0 radical (unpaired) electrons. The molecule has 0 saturated heterocycles. The molecule has 0 aliphatic heterocycles. The van der Waals surface area contributed by atoms with Gasteiger partial charge < -0.3 is 5.32 Å². The van der Waals surface area contributed by atoms with Crippen LogP contribution in [0.1, 0.15) is 12.8 Å². The summed E-state index contributed by atoms with van der Waals surface area (Å²) in [5.41, 5.74) is 1.92. The highest BCUT2D eigenvalue weighted by Crippen LogP contribution is 2.20. The predicted molar refractivity (Wildman–Crippen MR) is 74.4 cm³/mol. The Hall–Kier alpha value is -2.23. The van der Waals surface area contributed by atoms with Crippen LogP contribution in [0.2, 0.25) is 0 Å². The first-order valence-corrected chi connectivity index (χ1v) is 6.34. The van der Waals surface area contributed by atoms with E-state index in [-0.39, 0.29) is 0 Å². The number of benzene rings is 1. The average Bonchev–Trinajstić information content (AvgIpc) is 2.45. The second-order valence-corrected chi connectivity index (χ2v) is 4.50. The molecule has 0 spiro atoms. The lowest BCUT2D eigenvalue weighted by Crippen LogP contribution is -2.09. The smallest absolute Gasteiger partial charge is 0.311 e. The Balaban J connectivity index is 1.87. The highest BCUT2D eigenvalue weighted by molar-refractivity contribution is 5.88. The van der Waals surface area contributed by atoms with Gasteiger partial charge in [0.15, 0.2) is 0 Å². The highest BCUT2D eigenvalue weighted by Gasteiger charge is 2.07. The number of hydrogen-bond acceptors (Lipinski definition) is 3. The zero-order chi connectivity index (χ0) is 13.1. The van der Waals surface area contributed by atoms with Crippen LogP contribution in [0.5, 0.6) is 0 Å². The van der Waals surface area contributed by atoms with Crippen LogP contribution < -0.4 is 5.32 Å². The maximum Gasteiger partial charge on any atom is 0.311 e. The monoisotopic (exact) mass is 255 g/mol. The number of nitrogens with one attached hydrogen (secondary N) is 1. The van der Waals surface area contributed by atoms with E-state index in [4.69, 9.17) is 0 Å². The van der Waals surface area contributed by atoms with Crippen molar-refractivity contribution in [1.82, 2.24) is 9.97 Å². The fourth-order valence-corrected chi connectivity index (χ4v) is 2.18. The first kappa shape index (κ1) is 11.8. The summed E-state index contributed by atoms with van der Waals surface area (Å²) in [6.07, 6.45) is 7.69. The van der Waals surface area contributed by atoms with Crippen molar-refractivity contribution in [2.75, 3.05) is 11.9 Å². The van der Waals surface area contributed by atoms with Crippen molar-refractivity contribution in [2.24, 2.45) is 0 Å². The number of halogens is 1. The minimum absolute atomic E-state index is 0.554. The molecule has 0 amide bonds. The van der Waals surface area contributed by atoms with Crippen LogP contribution in [0.15, 0.2) is 48.1 Å². The van der Waals surface area contributed by atoms with E-state index in [0.717, 1.165) is 18.2 Å². The van der Waals surface area contributed by atoms with E-state index in [0.29, 0.717) is 17.9 Å². The molecule has 1 aromatic heterocycles. The van der Waals surface area contributed by atoms with Crippen LogP contribution in [0, 0.1) is 6.08 Å². The van der Waals surface area contributed by atoms with Crippen LogP contribution in [0.4, 0.5) is 10.2 Å². The second kappa shape index (κ2) is 5.18. The van der Waals surface area contributed by atoms with Gasteiger partial charge in [-0.3, -0.25) is 0 Å². The summed E-state index contributed by atoms with van der Waals surface area (Å²) in [5, 5.41) is 4.05. The van der Waals surface area contributed by atoms with Gasteiger partial charge >= 0.3 is 6.08 Å². The summed E-state index contributed by atoms with van der Waals surface area (Å²) < 4.78 is 13.4. The number of aromatic nitrogens is 2. The molecule has 4 heteroatoms. The lowest BCUT2D eigenvalue weighted by molar-refractivity contribution is 0.546. The Morgan fingerprint density at radius 3 is 2.95 bits per heavy atom. The Kier molecular flexibility index (Phi) is 3.23. The third-order valence-electron chi connectivity index (χ3n) is 3.16. The Morgan fingerprint density at radius 1 is 1.21 bits per heavy atom. The summed E-state index contributed by atoms with van der Waals surface area (Å²) in [6.45, 7) is 0.685. The molecular formula is C15H14FN3. The average molecular weight is 255 g/mol. The molecular weight excluding hydrogens is 241 g/mol. The fourth-order valence-electron chi connectivity index (χ4n) is 2.18. The Bertz CT molecular complexity index is 661. The third-order valence-corrected chi connectivity index (χ3v) is 3.16. The first-order valence-electron chi connectivity index (χ1n) is 6.34. The minimum atomic E-state index is -0.696. The second-order valence-electron chi connectivity index (χ2n) is 4.50. The molecule has 3 nitrogen and oxygen atoms in total. The molecule has 0 atom stereocenters. The summed E-state index contributed by atoms with van der Waals surface area (Å²) in [6, 6.07) is 7.42. The van der Waals surface area contributed by atoms with Gasteiger partial charge in [0.1, 0.15) is 5.82 Å². The van der Waals surface area contributed by atoms with Gasteiger partial charge in [0, 0.05) is 11.9 Å². The molecule has 1 aliphatic rings. The normalized spacial score (nSPS) is 14.5. The zero-order valence-corrected chi connectivity index (χ0v) is 10.4. The van der Waals surface area contributed by atoms with Gasteiger partial charge in [-0.25, -0.2) is 4.98 Å². The van der Waals surface area contributed by atoms with Gasteiger partial charge in [-0.15, -0.1) is 0 Å². The lowest BCUT2D eigenvalue weighted by Gasteiger charge is -2.12. The fraction of sp³-hybridized carbons (Fsp3) is 0.200. The quantitative estimate of drug-likeness (QED) is 0.853. The molecule has 0 unspecified atom stereocenters. The van der Waals surface area contributed by atoms with E-state index in [1.54, 1.807) is 6.07 Å². The van der Waals surface area contributed by atoms with E-state index in [1.165, 1.54) is 5.57 Å². The number of rotatable bonds is 3. The van der Waals surface area contributed by atoms with Gasteiger partial charge in [0.05, 0.1) is 5.52 Å². The Labute approximate surface area is 110 Å². The molecule has 19 heavy (non-hydrogen) atoms. The number of allylic oxidation sites excluding steroid dienone is 3. The summed E-state index contributed by atoms with van der Waals surface area (Å²) in [4.78, 5) is 7.64. The molecule has 2 aromatic rings. The van der Waals surface area contributed by atoms with Crippen molar-refractivity contribution < 1.29 is 4.39 Å². The van der Waals surface area contributed by atoms with Crippen molar-refractivity contribution in [3.63, 3.8) is 0 Å². The van der Waals surface area contributed by atoms with Gasteiger partial charge in [-0.1, -0.05) is 35.9 Å². The van der Waals surface area contributed by atoms with Gasteiger partial charge in [0.2, 0.25) is 0 Å². The van der Waals surface area contributed by atoms with Crippen LogP contribution in [-0.4, -0.2) is 16.5 Å². The van der Waals surface area contributed by atoms with E-state index >= 15 is 0 Å². The van der Waals surface area contributed by atoms with Crippen LogP contribution in [0.25, 0.3) is 10.9 Å². The molecule has 96 valence electrons. The van der Waals surface area contributed by atoms with Gasteiger partial charge in [-0.05, 0) is 25.0 Å². The van der Waals surface area contributed by atoms with E-state index in [1.807, 2.05) is 18.2 Å². The SMILES string of the molecule is Fc1nc(NCC2=CC=CCC2)c2ccccc2n1. The standard InChI is InChI=1S/C15H14FN3/c16-15-18-13-9-5-4-8-12(13)14(19-15)17-10-11-6-2-1-3-7-11/h1-2,4-6,8-9H,3,7,10H2,(H,17,18,19). The summed E-state index contributed by atoms with van der Waals surface area (Å²) >= 11 is 0. The molecule has 3 rings (SSSR count). The molecule has 0 saturated carbocycles. The summed E-state index contributed by atoms with van der Waals surface area (Å²) in [5.74, 6) is 0.554. The first-order chi connectivity index (χ1) is 9.33. The van der Waals surface area contributed by atoms with E-state index in [2.05, 4.69) is 33.5 Å². The number of nitrogens with zero attached hydrogens (tertiary/aromatic N) is 2. The number of para-hydroxylation sites is 1. The van der Waals surface area contributed by atoms with E-state index in [9.17, 15) is 4.39 Å². The van der Waals surface area contributed by atoms with Crippen molar-refractivity contribution in [3.8, 4) is 0 Å². The van der Waals surface area contributed by atoms with Gasteiger partial charge in [-0.2, -0.15) is 9.37 Å². The topological polar surface area (TPSA) is 37.8 Å². The molecule has 1 aliphatic carbocycles. The van der Waals surface area contributed by atoms with Crippen molar-refractivity contribution in [3.05, 3.63) is 54.1 Å². The van der Waals surface area contributed by atoms with Crippen LogP contribution in [-0.2, 0) is 0 Å². The molecule has 0 fully saturated rings. The maximum atomic E-state index is 13.4. The molecule has 1 heterocycles. The zero-order valence-electron chi connectivity index (χ0n) is 10.4. The maximum absolute atomic E-state index is 13.4. The number of anilines is 1. The number of fused-ring (bicyclic) bond motifs is 1.